The molecule has 1 aliphatic rings. The van der Waals surface area contributed by atoms with Gasteiger partial charge in [0.25, 0.3) is 0 Å². The first-order valence-corrected chi connectivity index (χ1v) is 8.68. The second-order valence-corrected chi connectivity index (χ2v) is 6.34. The molecule has 0 aliphatic carbocycles. The SMILES string of the molecule is C=C(C(=O)OC)[C@@H](c1ccccc1)[C@]1(N=Cc2ccccc2)CCOC1=O. The Balaban J connectivity index is 2.12. The number of ether oxygens (including phenoxy) is 2. The third-order valence-corrected chi connectivity index (χ3v) is 4.72. The monoisotopic (exact) mass is 363 g/mol. The second-order valence-electron chi connectivity index (χ2n) is 6.34. The van der Waals surface area contributed by atoms with Gasteiger partial charge in [0, 0.05) is 18.2 Å². The minimum absolute atomic E-state index is 0.174. The van der Waals surface area contributed by atoms with Crippen molar-refractivity contribution < 1.29 is 19.1 Å². The van der Waals surface area contributed by atoms with E-state index in [-0.39, 0.29) is 12.2 Å². The number of carbonyl (C=O) groups is 2. The highest BCUT2D eigenvalue weighted by Crippen LogP contribution is 2.43. The van der Waals surface area contributed by atoms with Crippen molar-refractivity contribution in [2.75, 3.05) is 13.7 Å². The van der Waals surface area contributed by atoms with Crippen LogP contribution in [0, 0.1) is 0 Å². The zero-order chi connectivity index (χ0) is 19.3. The van der Waals surface area contributed by atoms with E-state index in [2.05, 4.69) is 11.6 Å². The highest BCUT2D eigenvalue weighted by atomic mass is 16.5. The average Bonchev–Trinajstić information content (AvgIpc) is 3.08. The summed E-state index contributed by atoms with van der Waals surface area (Å²) in [6.07, 6.45) is 2.00. The van der Waals surface area contributed by atoms with Crippen LogP contribution in [-0.4, -0.2) is 37.4 Å². The maximum atomic E-state index is 12.8. The van der Waals surface area contributed by atoms with Gasteiger partial charge in [0.05, 0.1) is 19.6 Å². The number of rotatable bonds is 6. The van der Waals surface area contributed by atoms with Gasteiger partial charge in [-0.3, -0.25) is 4.99 Å². The maximum Gasteiger partial charge on any atom is 0.335 e. The zero-order valence-electron chi connectivity index (χ0n) is 15.1. The molecule has 0 radical (unpaired) electrons. The highest BCUT2D eigenvalue weighted by molar-refractivity contribution is 5.95. The summed E-state index contributed by atoms with van der Waals surface area (Å²) in [4.78, 5) is 29.8. The van der Waals surface area contributed by atoms with Crippen molar-refractivity contribution in [1.29, 1.82) is 0 Å². The minimum atomic E-state index is -1.26. The van der Waals surface area contributed by atoms with Crippen LogP contribution in [0.25, 0.3) is 0 Å². The van der Waals surface area contributed by atoms with Crippen molar-refractivity contribution in [3.05, 3.63) is 83.9 Å². The highest BCUT2D eigenvalue weighted by Gasteiger charge is 2.53. The van der Waals surface area contributed by atoms with Crippen LogP contribution >= 0.6 is 0 Å². The van der Waals surface area contributed by atoms with Gasteiger partial charge in [-0.2, -0.15) is 0 Å². The van der Waals surface area contributed by atoms with Crippen molar-refractivity contribution in [2.45, 2.75) is 17.9 Å². The van der Waals surface area contributed by atoms with Crippen molar-refractivity contribution in [3.8, 4) is 0 Å². The quantitative estimate of drug-likeness (QED) is 0.449. The van der Waals surface area contributed by atoms with E-state index in [0.29, 0.717) is 6.42 Å². The minimum Gasteiger partial charge on any atom is -0.466 e. The number of nitrogens with zero attached hydrogens (tertiary/aromatic N) is 1. The number of methoxy groups -OCH3 is 1. The summed E-state index contributed by atoms with van der Waals surface area (Å²) in [5.41, 5.74) is 0.527. The maximum absolute atomic E-state index is 12.8. The molecular formula is C22H21NO4. The number of benzene rings is 2. The second kappa shape index (κ2) is 7.99. The molecule has 2 aromatic carbocycles. The Labute approximate surface area is 158 Å². The fourth-order valence-corrected chi connectivity index (χ4v) is 3.37. The number of hydrogen-bond acceptors (Lipinski definition) is 5. The third-order valence-electron chi connectivity index (χ3n) is 4.72. The number of aliphatic imine (C=N–C) groups is 1. The summed E-state index contributed by atoms with van der Waals surface area (Å²) in [6, 6.07) is 18.7. The van der Waals surface area contributed by atoms with Crippen molar-refractivity contribution in [2.24, 2.45) is 4.99 Å². The van der Waals surface area contributed by atoms with E-state index in [9.17, 15) is 9.59 Å². The van der Waals surface area contributed by atoms with Gasteiger partial charge >= 0.3 is 11.9 Å². The molecule has 0 amide bonds. The topological polar surface area (TPSA) is 65.0 Å². The Bertz CT molecular complexity index is 860. The molecule has 5 nitrogen and oxygen atoms in total. The third kappa shape index (κ3) is 3.67. The van der Waals surface area contributed by atoms with Crippen molar-refractivity contribution in [1.82, 2.24) is 0 Å². The van der Waals surface area contributed by atoms with Crippen molar-refractivity contribution in [3.63, 3.8) is 0 Å². The summed E-state index contributed by atoms with van der Waals surface area (Å²) in [5, 5.41) is 0. The molecule has 2 atom stereocenters. The molecule has 0 saturated carbocycles. The van der Waals surface area contributed by atoms with E-state index < -0.39 is 23.4 Å². The molecule has 0 aromatic heterocycles. The Morgan fingerprint density at radius 3 is 2.37 bits per heavy atom. The predicted octanol–water partition coefficient (Wildman–Crippen LogP) is 3.30. The van der Waals surface area contributed by atoms with Crippen LogP contribution in [0.1, 0.15) is 23.5 Å². The number of hydrogen-bond donors (Lipinski definition) is 0. The fraction of sp³-hybridized carbons (Fsp3) is 0.227. The van der Waals surface area contributed by atoms with Gasteiger partial charge in [0.1, 0.15) is 0 Å². The van der Waals surface area contributed by atoms with E-state index in [1.807, 2.05) is 60.7 Å². The number of carbonyl (C=O) groups excluding carboxylic acids is 2. The molecule has 2 aromatic rings. The summed E-state index contributed by atoms with van der Waals surface area (Å²) in [7, 11) is 1.29. The van der Waals surface area contributed by atoms with E-state index in [1.165, 1.54) is 7.11 Å². The first-order valence-electron chi connectivity index (χ1n) is 8.68. The van der Waals surface area contributed by atoms with Gasteiger partial charge in [-0.05, 0) is 11.1 Å². The molecule has 3 rings (SSSR count). The zero-order valence-corrected chi connectivity index (χ0v) is 15.1. The Morgan fingerprint density at radius 2 is 1.81 bits per heavy atom. The van der Waals surface area contributed by atoms with Gasteiger partial charge < -0.3 is 9.47 Å². The van der Waals surface area contributed by atoms with Crippen LogP contribution in [0.15, 0.2) is 77.8 Å². The molecule has 0 N–H and O–H groups in total. The smallest absolute Gasteiger partial charge is 0.335 e. The van der Waals surface area contributed by atoms with Gasteiger partial charge in [0.2, 0.25) is 0 Å². The number of esters is 2. The molecule has 0 unspecified atom stereocenters. The normalized spacial score (nSPS) is 20.3. The molecule has 1 saturated heterocycles. The molecule has 1 fully saturated rings. The van der Waals surface area contributed by atoms with Gasteiger partial charge in [0.15, 0.2) is 5.54 Å². The largest absolute Gasteiger partial charge is 0.466 e. The lowest BCUT2D eigenvalue weighted by atomic mass is 9.74. The standard InChI is InChI=1S/C22H21NO4/c1-16(20(24)26-2)19(18-11-7-4-8-12-18)22(13-14-27-21(22)25)23-15-17-9-5-3-6-10-17/h3-12,15,19H,1,13-14H2,2H3/t19-,22+/m0/s1. The van der Waals surface area contributed by atoms with E-state index >= 15 is 0 Å². The van der Waals surface area contributed by atoms with E-state index in [4.69, 9.17) is 9.47 Å². The Hall–Kier alpha value is -3.21. The van der Waals surface area contributed by atoms with Crippen LogP contribution in [0.5, 0.6) is 0 Å². The van der Waals surface area contributed by atoms with Crippen LogP contribution < -0.4 is 0 Å². The van der Waals surface area contributed by atoms with E-state index in [0.717, 1.165) is 11.1 Å². The van der Waals surface area contributed by atoms with Crippen LogP contribution in [-0.2, 0) is 19.1 Å². The summed E-state index contributed by atoms with van der Waals surface area (Å²) in [5.74, 6) is -1.72. The van der Waals surface area contributed by atoms with Crippen molar-refractivity contribution >= 4 is 18.2 Å². The lowest BCUT2D eigenvalue weighted by Gasteiger charge is -2.31. The number of cyclic esters (lactones) is 1. The predicted molar refractivity (Wildman–Crippen MR) is 103 cm³/mol. The molecule has 1 heterocycles. The van der Waals surface area contributed by atoms with Gasteiger partial charge in [-0.15, -0.1) is 0 Å². The lowest BCUT2D eigenvalue weighted by Crippen LogP contribution is -2.41. The molecule has 0 bridgehead atoms. The molecule has 5 heteroatoms. The molecule has 27 heavy (non-hydrogen) atoms. The van der Waals surface area contributed by atoms with E-state index in [1.54, 1.807) is 6.21 Å². The molecule has 138 valence electrons. The average molecular weight is 363 g/mol. The van der Waals surface area contributed by atoms with Gasteiger partial charge in [-0.1, -0.05) is 67.2 Å². The Morgan fingerprint density at radius 1 is 1.19 bits per heavy atom. The first-order chi connectivity index (χ1) is 13.1. The first kappa shape index (κ1) is 18.6. The fourth-order valence-electron chi connectivity index (χ4n) is 3.37. The summed E-state index contributed by atoms with van der Waals surface area (Å²) < 4.78 is 10.2. The van der Waals surface area contributed by atoms with Gasteiger partial charge in [-0.25, -0.2) is 9.59 Å². The molecular weight excluding hydrogens is 342 g/mol. The Kier molecular flexibility index (Phi) is 5.50. The van der Waals surface area contributed by atoms with Crippen LogP contribution in [0.2, 0.25) is 0 Å². The summed E-state index contributed by atoms with van der Waals surface area (Å²) >= 11 is 0. The lowest BCUT2D eigenvalue weighted by molar-refractivity contribution is -0.143. The molecule has 0 spiro atoms. The van der Waals surface area contributed by atoms with Crippen LogP contribution in [0.3, 0.4) is 0 Å². The molecule has 1 aliphatic heterocycles. The van der Waals surface area contributed by atoms with Crippen LogP contribution in [0.4, 0.5) is 0 Å². The summed E-state index contributed by atoms with van der Waals surface area (Å²) in [6.45, 7) is 4.16.